The molecule has 0 radical (unpaired) electrons. The molecule has 0 bridgehead atoms. The third-order valence-electron chi connectivity index (χ3n) is 3.73. The van der Waals surface area contributed by atoms with Crippen molar-refractivity contribution in [1.82, 2.24) is 25.0 Å². The van der Waals surface area contributed by atoms with Crippen molar-refractivity contribution in [2.75, 3.05) is 20.3 Å². The minimum absolute atomic E-state index is 0.156. The molecule has 8 nitrogen and oxygen atoms in total. The number of pyridine rings is 2. The van der Waals surface area contributed by atoms with Crippen LogP contribution in [-0.2, 0) is 11.3 Å². The van der Waals surface area contributed by atoms with Gasteiger partial charge in [-0.15, -0.1) is 0 Å². The van der Waals surface area contributed by atoms with Gasteiger partial charge in [-0.05, 0) is 23.8 Å². The smallest absolute Gasteiger partial charge is 0.287 e. The maximum atomic E-state index is 12.6. The number of methoxy groups -OCH3 is 1. The summed E-state index contributed by atoms with van der Waals surface area (Å²) in [7, 11) is 1.56. The van der Waals surface area contributed by atoms with Crippen molar-refractivity contribution in [3.63, 3.8) is 0 Å². The van der Waals surface area contributed by atoms with Gasteiger partial charge < -0.3 is 15.4 Å². The van der Waals surface area contributed by atoms with Gasteiger partial charge in [-0.3, -0.25) is 19.0 Å². The molecule has 3 rings (SSSR count). The summed E-state index contributed by atoms with van der Waals surface area (Å²) in [6.07, 6.45) is 5.05. The van der Waals surface area contributed by atoms with E-state index in [1.807, 2.05) is 6.07 Å². The average molecular weight is 353 g/mol. The maximum absolute atomic E-state index is 12.6. The quantitative estimate of drug-likeness (QED) is 0.619. The largest absolute Gasteiger partial charge is 0.383 e. The zero-order chi connectivity index (χ0) is 18.4. The SMILES string of the molecule is COCCNC(=O)c1nc(C(=O)NCc2cccnc2)c2ccccn12. The summed E-state index contributed by atoms with van der Waals surface area (Å²) in [5.41, 5.74) is 1.64. The second kappa shape index (κ2) is 8.21. The van der Waals surface area contributed by atoms with Crippen LogP contribution in [0.25, 0.3) is 5.52 Å². The van der Waals surface area contributed by atoms with Crippen LogP contribution in [0.3, 0.4) is 0 Å². The summed E-state index contributed by atoms with van der Waals surface area (Å²) in [6.45, 7) is 1.08. The summed E-state index contributed by atoms with van der Waals surface area (Å²) in [5, 5.41) is 5.52. The Morgan fingerprint density at radius 1 is 1.15 bits per heavy atom. The number of ether oxygens (including phenoxy) is 1. The Morgan fingerprint density at radius 3 is 2.81 bits per heavy atom. The zero-order valence-corrected chi connectivity index (χ0v) is 14.3. The van der Waals surface area contributed by atoms with E-state index in [9.17, 15) is 9.59 Å². The molecule has 0 atom stereocenters. The average Bonchev–Trinajstić information content (AvgIpc) is 3.07. The topological polar surface area (TPSA) is 97.6 Å². The van der Waals surface area contributed by atoms with E-state index in [-0.39, 0.29) is 23.3 Å². The second-order valence-electron chi connectivity index (χ2n) is 5.53. The molecular weight excluding hydrogens is 334 g/mol. The number of rotatable bonds is 7. The molecule has 134 valence electrons. The van der Waals surface area contributed by atoms with Gasteiger partial charge in [-0.1, -0.05) is 12.1 Å². The fourth-order valence-electron chi connectivity index (χ4n) is 2.48. The molecule has 3 aromatic rings. The molecule has 0 aliphatic carbocycles. The minimum atomic E-state index is -0.366. The van der Waals surface area contributed by atoms with Crippen LogP contribution >= 0.6 is 0 Å². The lowest BCUT2D eigenvalue weighted by Gasteiger charge is -2.03. The van der Waals surface area contributed by atoms with Gasteiger partial charge in [0.05, 0.1) is 12.1 Å². The van der Waals surface area contributed by atoms with E-state index in [2.05, 4.69) is 20.6 Å². The Balaban J connectivity index is 1.81. The molecule has 0 fully saturated rings. The number of carbonyl (C=O) groups is 2. The highest BCUT2D eigenvalue weighted by Crippen LogP contribution is 2.13. The normalized spacial score (nSPS) is 10.7. The Hall–Kier alpha value is -3.26. The molecule has 2 N–H and O–H groups in total. The fraction of sp³-hybridized carbons (Fsp3) is 0.222. The third-order valence-corrected chi connectivity index (χ3v) is 3.73. The van der Waals surface area contributed by atoms with Gasteiger partial charge in [0, 0.05) is 38.8 Å². The summed E-state index contributed by atoms with van der Waals surface area (Å²) in [5.74, 6) is -0.564. The van der Waals surface area contributed by atoms with E-state index in [0.29, 0.717) is 25.2 Å². The van der Waals surface area contributed by atoms with Crippen LogP contribution in [-0.4, -0.2) is 46.4 Å². The first-order chi connectivity index (χ1) is 12.7. The number of carbonyl (C=O) groups excluding carboxylic acids is 2. The number of imidazole rings is 1. The predicted molar refractivity (Wildman–Crippen MR) is 94.8 cm³/mol. The lowest BCUT2D eigenvalue weighted by Crippen LogP contribution is -2.29. The molecular formula is C18H19N5O3. The molecule has 0 aliphatic rings. The summed E-state index contributed by atoms with van der Waals surface area (Å²) < 4.78 is 6.52. The van der Waals surface area contributed by atoms with Gasteiger partial charge in [-0.25, -0.2) is 4.98 Å². The van der Waals surface area contributed by atoms with Crippen molar-refractivity contribution in [3.05, 3.63) is 66.0 Å². The number of fused-ring (bicyclic) bond motifs is 1. The third kappa shape index (κ3) is 3.86. The minimum Gasteiger partial charge on any atom is -0.383 e. The predicted octanol–water partition coefficient (Wildman–Crippen LogP) is 1.04. The van der Waals surface area contributed by atoms with Crippen molar-refractivity contribution in [2.45, 2.75) is 6.54 Å². The van der Waals surface area contributed by atoms with Gasteiger partial charge in [0.1, 0.15) is 0 Å². The highest BCUT2D eigenvalue weighted by molar-refractivity contribution is 6.02. The Labute approximate surface area is 150 Å². The van der Waals surface area contributed by atoms with E-state index in [1.54, 1.807) is 54.4 Å². The summed E-state index contributed by atoms with van der Waals surface area (Å²) in [6, 6.07) is 8.99. The lowest BCUT2D eigenvalue weighted by molar-refractivity contribution is 0.0926. The number of nitrogens with zero attached hydrogens (tertiary/aromatic N) is 3. The van der Waals surface area contributed by atoms with Crippen LogP contribution in [0.15, 0.2) is 48.9 Å². The Morgan fingerprint density at radius 2 is 2.04 bits per heavy atom. The van der Waals surface area contributed by atoms with E-state index >= 15 is 0 Å². The van der Waals surface area contributed by atoms with E-state index in [4.69, 9.17) is 4.74 Å². The van der Waals surface area contributed by atoms with E-state index < -0.39 is 0 Å². The highest BCUT2D eigenvalue weighted by atomic mass is 16.5. The van der Waals surface area contributed by atoms with E-state index in [1.165, 1.54) is 0 Å². The molecule has 0 unspecified atom stereocenters. The van der Waals surface area contributed by atoms with Gasteiger partial charge in [0.25, 0.3) is 11.8 Å². The lowest BCUT2D eigenvalue weighted by atomic mass is 10.2. The molecule has 0 aliphatic heterocycles. The second-order valence-corrected chi connectivity index (χ2v) is 5.53. The molecule has 8 heteroatoms. The van der Waals surface area contributed by atoms with Crippen LogP contribution in [0.5, 0.6) is 0 Å². The van der Waals surface area contributed by atoms with Crippen LogP contribution in [0.1, 0.15) is 26.7 Å². The maximum Gasteiger partial charge on any atom is 0.287 e. The van der Waals surface area contributed by atoms with Crippen molar-refractivity contribution in [3.8, 4) is 0 Å². The number of amides is 2. The first-order valence-electron chi connectivity index (χ1n) is 8.12. The van der Waals surface area contributed by atoms with Crippen LogP contribution < -0.4 is 10.6 Å². The number of hydrogen-bond acceptors (Lipinski definition) is 5. The first-order valence-corrected chi connectivity index (χ1v) is 8.12. The molecule has 26 heavy (non-hydrogen) atoms. The summed E-state index contributed by atoms with van der Waals surface area (Å²) in [4.78, 5) is 33.2. The molecule has 2 amide bonds. The van der Waals surface area contributed by atoms with Gasteiger partial charge >= 0.3 is 0 Å². The highest BCUT2D eigenvalue weighted by Gasteiger charge is 2.21. The molecule has 0 saturated carbocycles. The number of nitrogens with one attached hydrogen (secondary N) is 2. The Kier molecular flexibility index (Phi) is 5.55. The molecule has 0 saturated heterocycles. The van der Waals surface area contributed by atoms with Crippen LogP contribution in [0, 0.1) is 0 Å². The fourth-order valence-corrected chi connectivity index (χ4v) is 2.48. The van der Waals surface area contributed by atoms with Crippen molar-refractivity contribution in [2.24, 2.45) is 0 Å². The number of aromatic nitrogens is 3. The summed E-state index contributed by atoms with van der Waals surface area (Å²) >= 11 is 0. The first kappa shape index (κ1) is 17.6. The Bertz CT molecular complexity index is 908. The van der Waals surface area contributed by atoms with Crippen molar-refractivity contribution >= 4 is 17.3 Å². The molecule has 3 aromatic heterocycles. The van der Waals surface area contributed by atoms with E-state index in [0.717, 1.165) is 5.56 Å². The zero-order valence-electron chi connectivity index (χ0n) is 14.3. The number of hydrogen-bond donors (Lipinski definition) is 2. The van der Waals surface area contributed by atoms with Gasteiger partial charge in [0.2, 0.25) is 5.82 Å². The standard InChI is InChI=1S/C18H19N5O3/c1-26-10-8-20-18(25)16-22-15(14-6-2-3-9-23(14)16)17(24)21-12-13-5-4-7-19-11-13/h2-7,9,11H,8,10,12H2,1H3,(H,20,25)(H,21,24). The molecule has 0 spiro atoms. The van der Waals surface area contributed by atoms with Crippen LogP contribution in [0.4, 0.5) is 0 Å². The van der Waals surface area contributed by atoms with Gasteiger partial charge in [-0.2, -0.15) is 0 Å². The van der Waals surface area contributed by atoms with Crippen molar-refractivity contribution in [1.29, 1.82) is 0 Å². The van der Waals surface area contributed by atoms with Crippen LogP contribution in [0.2, 0.25) is 0 Å². The van der Waals surface area contributed by atoms with Crippen molar-refractivity contribution < 1.29 is 14.3 Å². The monoisotopic (exact) mass is 353 g/mol. The van der Waals surface area contributed by atoms with Gasteiger partial charge in [0.15, 0.2) is 5.69 Å². The molecule has 3 heterocycles. The molecule has 0 aromatic carbocycles.